The topological polar surface area (TPSA) is 79.2 Å². The second kappa shape index (κ2) is 4.80. The number of thiocarbonyl (C=S) groups is 1. The number of hydrogen-bond acceptors (Lipinski definition) is 2. The molecule has 0 fully saturated rings. The average molecular weight is 162 g/mol. The number of nitrogens with one attached hydrogen (secondary N) is 3. The molecule has 5 N–H and O–H groups in total. The van der Waals surface area contributed by atoms with E-state index >= 15 is 0 Å². The van der Waals surface area contributed by atoms with Gasteiger partial charge in [0.15, 0.2) is 5.11 Å². The van der Waals surface area contributed by atoms with Crippen LogP contribution < -0.4 is 21.9 Å². The highest BCUT2D eigenvalue weighted by atomic mass is 32.1. The van der Waals surface area contributed by atoms with Crippen molar-refractivity contribution in [1.29, 1.82) is 0 Å². The van der Waals surface area contributed by atoms with Gasteiger partial charge in [0, 0.05) is 6.54 Å². The molecule has 0 unspecified atom stereocenters. The first-order valence-electron chi connectivity index (χ1n) is 2.76. The van der Waals surface area contributed by atoms with Crippen molar-refractivity contribution in [1.82, 2.24) is 16.2 Å². The van der Waals surface area contributed by atoms with Gasteiger partial charge in [-0.1, -0.05) is 0 Å². The predicted octanol–water partition coefficient (Wildman–Crippen LogP) is -0.946. The van der Waals surface area contributed by atoms with Gasteiger partial charge in [0.05, 0.1) is 0 Å². The van der Waals surface area contributed by atoms with Crippen LogP contribution in [0.1, 0.15) is 6.92 Å². The van der Waals surface area contributed by atoms with Crippen LogP contribution in [-0.2, 0) is 0 Å². The van der Waals surface area contributed by atoms with Crippen LogP contribution in [0.4, 0.5) is 4.79 Å². The maximum absolute atomic E-state index is 10.5. The molecular formula is C4H10N4OS. The quantitative estimate of drug-likeness (QED) is 0.296. The van der Waals surface area contributed by atoms with E-state index in [9.17, 15) is 4.79 Å². The Morgan fingerprint density at radius 1 is 1.60 bits per heavy atom. The van der Waals surface area contributed by atoms with Crippen molar-refractivity contribution in [2.24, 2.45) is 5.73 Å². The van der Waals surface area contributed by atoms with E-state index in [-0.39, 0.29) is 11.1 Å². The molecule has 0 bridgehead atoms. The standard InChI is InChI=1S/C4H10N4OS/c1-2-6-4(9)8-7-3(5)10/h2H2,1H3,(H3,5,7,10)(H2,6,8,9). The summed E-state index contributed by atoms with van der Waals surface area (Å²) in [5.41, 5.74) is 9.51. The summed E-state index contributed by atoms with van der Waals surface area (Å²) >= 11 is 4.42. The van der Waals surface area contributed by atoms with E-state index < -0.39 is 0 Å². The molecule has 0 heterocycles. The van der Waals surface area contributed by atoms with Crippen LogP contribution in [-0.4, -0.2) is 17.7 Å². The Morgan fingerprint density at radius 2 is 2.20 bits per heavy atom. The van der Waals surface area contributed by atoms with E-state index in [4.69, 9.17) is 5.73 Å². The number of hydrogen-bond donors (Lipinski definition) is 4. The maximum atomic E-state index is 10.5. The van der Waals surface area contributed by atoms with Gasteiger partial charge < -0.3 is 11.1 Å². The fraction of sp³-hybridized carbons (Fsp3) is 0.500. The minimum absolute atomic E-state index is 0.0336. The van der Waals surface area contributed by atoms with Crippen molar-refractivity contribution in [3.05, 3.63) is 0 Å². The molecule has 0 aromatic heterocycles. The van der Waals surface area contributed by atoms with Gasteiger partial charge in [-0.25, -0.2) is 10.2 Å². The van der Waals surface area contributed by atoms with Crippen molar-refractivity contribution < 1.29 is 4.79 Å². The van der Waals surface area contributed by atoms with Crippen LogP contribution in [0.15, 0.2) is 0 Å². The Labute approximate surface area is 64.3 Å². The summed E-state index contributed by atoms with van der Waals surface area (Å²) in [6.07, 6.45) is 0. The molecule has 0 rings (SSSR count). The van der Waals surface area contributed by atoms with Gasteiger partial charge >= 0.3 is 6.03 Å². The number of hydrazine groups is 1. The van der Waals surface area contributed by atoms with E-state index in [1.807, 2.05) is 0 Å². The molecule has 5 nitrogen and oxygen atoms in total. The highest BCUT2D eigenvalue weighted by molar-refractivity contribution is 7.80. The summed E-state index contributed by atoms with van der Waals surface area (Å²) in [6.45, 7) is 2.37. The van der Waals surface area contributed by atoms with Gasteiger partial charge in [-0.3, -0.25) is 5.43 Å². The number of rotatable bonds is 1. The van der Waals surface area contributed by atoms with Crippen LogP contribution in [0, 0.1) is 0 Å². The summed E-state index contributed by atoms with van der Waals surface area (Å²) in [6, 6.07) is -0.352. The molecule has 0 saturated heterocycles. The van der Waals surface area contributed by atoms with Gasteiger partial charge in [0.25, 0.3) is 0 Å². The molecule has 0 aromatic rings. The van der Waals surface area contributed by atoms with E-state index in [0.29, 0.717) is 6.54 Å². The fourth-order valence-electron chi connectivity index (χ4n) is 0.323. The molecule has 58 valence electrons. The van der Waals surface area contributed by atoms with Gasteiger partial charge in [-0.2, -0.15) is 0 Å². The first-order valence-corrected chi connectivity index (χ1v) is 3.17. The molecule has 0 aromatic carbocycles. The lowest BCUT2D eigenvalue weighted by molar-refractivity contribution is 0.239. The Balaban J connectivity index is 3.30. The molecule has 0 aliphatic heterocycles. The number of urea groups is 1. The van der Waals surface area contributed by atoms with Crippen LogP contribution in [0.5, 0.6) is 0 Å². The van der Waals surface area contributed by atoms with E-state index in [1.54, 1.807) is 6.92 Å². The summed E-state index contributed by atoms with van der Waals surface area (Å²) in [5, 5.41) is 2.51. The third kappa shape index (κ3) is 5.10. The van der Waals surface area contributed by atoms with Gasteiger partial charge in [0.2, 0.25) is 0 Å². The van der Waals surface area contributed by atoms with E-state index in [2.05, 4.69) is 28.4 Å². The minimum Gasteiger partial charge on any atom is -0.375 e. The highest BCUT2D eigenvalue weighted by Gasteiger charge is 1.93. The smallest absolute Gasteiger partial charge is 0.333 e. The average Bonchev–Trinajstić information content (AvgIpc) is 1.85. The first-order chi connectivity index (χ1) is 4.66. The van der Waals surface area contributed by atoms with Crippen molar-refractivity contribution in [2.45, 2.75) is 6.92 Å². The third-order valence-electron chi connectivity index (χ3n) is 0.637. The molecule has 0 spiro atoms. The molecule has 0 atom stereocenters. The van der Waals surface area contributed by atoms with Crippen LogP contribution in [0.25, 0.3) is 0 Å². The van der Waals surface area contributed by atoms with Crippen LogP contribution in [0.2, 0.25) is 0 Å². The molecule has 6 heteroatoms. The first kappa shape index (κ1) is 8.96. The zero-order valence-electron chi connectivity index (χ0n) is 5.60. The monoisotopic (exact) mass is 162 g/mol. The Bertz CT molecular complexity index is 137. The predicted molar refractivity (Wildman–Crippen MR) is 42.1 cm³/mol. The van der Waals surface area contributed by atoms with E-state index in [0.717, 1.165) is 0 Å². The Hall–Kier alpha value is -1.04. The lowest BCUT2D eigenvalue weighted by Gasteiger charge is -2.05. The summed E-state index contributed by atoms with van der Waals surface area (Å²) in [7, 11) is 0. The number of nitrogens with two attached hydrogens (primary N) is 1. The van der Waals surface area contributed by atoms with Crippen molar-refractivity contribution >= 4 is 23.4 Å². The molecular weight excluding hydrogens is 152 g/mol. The molecule has 0 aliphatic carbocycles. The maximum Gasteiger partial charge on any atom is 0.333 e. The number of carbonyl (C=O) groups is 1. The van der Waals surface area contributed by atoms with Crippen LogP contribution >= 0.6 is 12.2 Å². The number of amides is 2. The molecule has 0 radical (unpaired) electrons. The normalized spacial score (nSPS) is 8.10. The zero-order chi connectivity index (χ0) is 7.98. The van der Waals surface area contributed by atoms with Gasteiger partial charge in [-0.15, -0.1) is 0 Å². The largest absolute Gasteiger partial charge is 0.375 e. The zero-order valence-corrected chi connectivity index (χ0v) is 6.42. The number of carbonyl (C=O) groups excluding carboxylic acids is 1. The molecule has 0 saturated carbocycles. The van der Waals surface area contributed by atoms with Gasteiger partial charge in [0.1, 0.15) is 0 Å². The van der Waals surface area contributed by atoms with Crippen molar-refractivity contribution in [3.8, 4) is 0 Å². The Morgan fingerprint density at radius 3 is 2.60 bits per heavy atom. The van der Waals surface area contributed by atoms with Crippen LogP contribution in [0.3, 0.4) is 0 Å². The lowest BCUT2D eigenvalue weighted by Crippen LogP contribution is -2.48. The minimum atomic E-state index is -0.352. The third-order valence-corrected chi connectivity index (χ3v) is 0.739. The van der Waals surface area contributed by atoms with Crippen molar-refractivity contribution in [3.63, 3.8) is 0 Å². The van der Waals surface area contributed by atoms with Crippen molar-refractivity contribution in [2.75, 3.05) is 6.54 Å². The lowest BCUT2D eigenvalue weighted by atomic mass is 10.7. The van der Waals surface area contributed by atoms with E-state index in [1.165, 1.54) is 0 Å². The molecule has 0 aliphatic rings. The second-order valence-electron chi connectivity index (χ2n) is 1.47. The molecule has 2 amide bonds. The second-order valence-corrected chi connectivity index (χ2v) is 1.91. The highest BCUT2D eigenvalue weighted by Crippen LogP contribution is 1.59. The summed E-state index contributed by atoms with van der Waals surface area (Å²) < 4.78 is 0. The SMILES string of the molecule is CCNC(=O)NNC(N)=S. The summed E-state index contributed by atoms with van der Waals surface area (Å²) in [4.78, 5) is 10.5. The Kier molecular flexibility index (Phi) is 4.30. The fourth-order valence-corrected chi connectivity index (χ4v) is 0.374. The summed E-state index contributed by atoms with van der Waals surface area (Å²) in [5.74, 6) is 0. The van der Waals surface area contributed by atoms with Gasteiger partial charge in [-0.05, 0) is 19.1 Å². The molecule has 10 heavy (non-hydrogen) atoms.